The first kappa shape index (κ1) is 15.6. The van der Waals surface area contributed by atoms with Crippen molar-refractivity contribution in [1.82, 2.24) is 0 Å². The monoisotopic (exact) mass is 308 g/mol. The zero-order valence-corrected chi connectivity index (χ0v) is 11.3. The van der Waals surface area contributed by atoms with Gasteiger partial charge in [0.05, 0.1) is 5.56 Å². The molecule has 0 saturated carbocycles. The van der Waals surface area contributed by atoms with E-state index in [9.17, 15) is 18.0 Å². The summed E-state index contributed by atoms with van der Waals surface area (Å²) in [5, 5.41) is 0. The average Bonchev–Trinajstić information content (AvgIpc) is 2.51. The van der Waals surface area contributed by atoms with Crippen molar-refractivity contribution in [2.24, 2.45) is 0 Å². The van der Waals surface area contributed by atoms with Crippen molar-refractivity contribution in [2.45, 2.75) is 0 Å². The van der Waals surface area contributed by atoms with Gasteiger partial charge in [-0.05, 0) is 24.3 Å². The number of hydrogen-bond donors (Lipinski definition) is 0. The number of carbonyl (C=O) groups excluding carboxylic acids is 1. The first-order chi connectivity index (χ1) is 10.5. The van der Waals surface area contributed by atoms with E-state index in [1.165, 1.54) is 24.3 Å². The van der Waals surface area contributed by atoms with Crippen LogP contribution in [-0.2, 0) is 0 Å². The van der Waals surface area contributed by atoms with Crippen LogP contribution in [-0.4, -0.2) is 12.6 Å². The molecule has 0 aliphatic heterocycles. The van der Waals surface area contributed by atoms with Crippen LogP contribution >= 0.6 is 0 Å². The molecule has 0 atom stereocenters. The van der Waals surface area contributed by atoms with Crippen LogP contribution in [0.2, 0.25) is 0 Å². The molecule has 3 nitrogen and oxygen atoms in total. The fourth-order valence-electron chi connectivity index (χ4n) is 1.60. The molecule has 114 valence electrons. The predicted molar refractivity (Wildman–Crippen MR) is 73.4 cm³/mol. The molecule has 2 aromatic rings. The van der Waals surface area contributed by atoms with Gasteiger partial charge in [-0.25, -0.2) is 18.0 Å². The maximum atomic E-state index is 13.0. The lowest BCUT2D eigenvalue weighted by Crippen LogP contribution is -2.09. The van der Waals surface area contributed by atoms with Gasteiger partial charge in [-0.15, -0.1) is 0 Å². The zero-order valence-electron chi connectivity index (χ0n) is 11.3. The van der Waals surface area contributed by atoms with Crippen molar-refractivity contribution in [1.29, 1.82) is 0 Å². The highest BCUT2D eigenvalue weighted by Gasteiger charge is 2.14. The van der Waals surface area contributed by atoms with E-state index in [2.05, 4.69) is 6.58 Å². The molecule has 0 heterocycles. The highest BCUT2D eigenvalue weighted by atomic mass is 19.2. The Bertz CT molecular complexity index is 673. The summed E-state index contributed by atoms with van der Waals surface area (Å²) < 4.78 is 48.9. The Labute approximate surface area is 124 Å². The normalized spacial score (nSPS) is 10.1. The largest absolute Gasteiger partial charge is 0.490 e. The molecule has 2 rings (SSSR count). The van der Waals surface area contributed by atoms with Crippen LogP contribution in [0.3, 0.4) is 0 Å². The number of ether oxygens (including phenoxy) is 2. The van der Waals surface area contributed by atoms with Gasteiger partial charge in [-0.2, -0.15) is 0 Å². The summed E-state index contributed by atoms with van der Waals surface area (Å²) in [5.74, 6) is -5.22. The first-order valence-electron chi connectivity index (χ1n) is 6.21. The van der Waals surface area contributed by atoms with Crippen LogP contribution < -0.4 is 9.47 Å². The Morgan fingerprint density at radius 1 is 1.05 bits per heavy atom. The van der Waals surface area contributed by atoms with Crippen molar-refractivity contribution >= 4 is 5.97 Å². The van der Waals surface area contributed by atoms with Gasteiger partial charge >= 0.3 is 5.97 Å². The molecule has 6 heteroatoms. The fourth-order valence-corrected chi connectivity index (χ4v) is 1.60. The lowest BCUT2D eigenvalue weighted by Gasteiger charge is -2.07. The average molecular weight is 308 g/mol. The molecule has 0 amide bonds. The minimum atomic E-state index is -1.62. The highest BCUT2D eigenvalue weighted by Crippen LogP contribution is 2.21. The number of esters is 1. The van der Waals surface area contributed by atoms with E-state index in [0.29, 0.717) is 24.5 Å². The second-order valence-corrected chi connectivity index (χ2v) is 4.21. The maximum Gasteiger partial charge on any atom is 0.343 e. The maximum absolute atomic E-state index is 13.0. The van der Waals surface area contributed by atoms with Crippen molar-refractivity contribution in [3.8, 4) is 11.5 Å². The Morgan fingerprint density at radius 2 is 1.64 bits per heavy atom. The van der Waals surface area contributed by atoms with Gasteiger partial charge < -0.3 is 9.47 Å². The molecule has 0 radical (unpaired) electrons. The van der Waals surface area contributed by atoms with Crippen molar-refractivity contribution in [3.05, 3.63) is 72.1 Å². The molecular formula is C16H11F3O3. The Hall–Kier alpha value is -2.76. The number of rotatable bonds is 5. The van der Waals surface area contributed by atoms with Crippen LogP contribution in [0.5, 0.6) is 11.5 Å². The van der Waals surface area contributed by atoms with E-state index < -0.39 is 29.2 Å². The summed E-state index contributed by atoms with van der Waals surface area (Å²) in [6.07, 6.45) is 1.57. The van der Waals surface area contributed by atoms with E-state index in [0.717, 1.165) is 0 Å². The number of benzene rings is 2. The van der Waals surface area contributed by atoms with E-state index >= 15 is 0 Å². The van der Waals surface area contributed by atoms with E-state index in [1.54, 1.807) is 6.08 Å². The van der Waals surface area contributed by atoms with Gasteiger partial charge in [0, 0.05) is 12.1 Å². The Morgan fingerprint density at radius 3 is 2.18 bits per heavy atom. The fraction of sp³-hybridized carbons (Fsp3) is 0.0625. The van der Waals surface area contributed by atoms with Gasteiger partial charge in [-0.3, -0.25) is 0 Å². The molecular weight excluding hydrogens is 297 g/mol. The lowest BCUT2D eigenvalue weighted by molar-refractivity contribution is 0.0733. The third kappa shape index (κ3) is 3.66. The van der Waals surface area contributed by atoms with Crippen LogP contribution in [0.1, 0.15) is 10.4 Å². The second-order valence-electron chi connectivity index (χ2n) is 4.21. The van der Waals surface area contributed by atoms with Gasteiger partial charge in [0.1, 0.15) is 18.1 Å². The number of carbonyl (C=O) groups is 1. The predicted octanol–water partition coefficient (Wildman–Crippen LogP) is 3.89. The minimum Gasteiger partial charge on any atom is -0.490 e. The van der Waals surface area contributed by atoms with Crippen molar-refractivity contribution < 1.29 is 27.4 Å². The summed E-state index contributed by atoms with van der Waals surface area (Å²) in [6, 6.07) is 7.11. The third-order valence-electron chi connectivity index (χ3n) is 2.63. The van der Waals surface area contributed by atoms with Crippen LogP contribution in [0.15, 0.2) is 49.1 Å². The molecule has 2 aromatic carbocycles. The molecule has 0 N–H and O–H groups in total. The second kappa shape index (κ2) is 6.80. The van der Waals surface area contributed by atoms with Crippen LogP contribution in [0, 0.1) is 17.5 Å². The molecule has 0 spiro atoms. The highest BCUT2D eigenvalue weighted by molar-refractivity contribution is 5.91. The van der Waals surface area contributed by atoms with Gasteiger partial charge in [0.2, 0.25) is 0 Å². The number of halogens is 3. The topological polar surface area (TPSA) is 35.5 Å². The molecule has 0 aliphatic carbocycles. The number of hydrogen-bond acceptors (Lipinski definition) is 3. The zero-order chi connectivity index (χ0) is 16.1. The first-order valence-corrected chi connectivity index (χ1v) is 6.21. The van der Waals surface area contributed by atoms with E-state index in [1.807, 2.05) is 0 Å². The molecule has 22 heavy (non-hydrogen) atoms. The summed E-state index contributed by atoms with van der Waals surface area (Å²) in [6.45, 7) is 3.82. The van der Waals surface area contributed by atoms with E-state index in [4.69, 9.17) is 9.47 Å². The summed E-state index contributed by atoms with van der Waals surface area (Å²) in [4.78, 5) is 11.8. The Balaban J connectivity index is 2.10. The quantitative estimate of drug-likeness (QED) is 0.364. The summed E-state index contributed by atoms with van der Waals surface area (Å²) in [7, 11) is 0. The SMILES string of the molecule is C=CCOc1ccc(C(=O)Oc2cc(F)c(F)c(F)c2)cc1. The lowest BCUT2D eigenvalue weighted by atomic mass is 10.2. The summed E-state index contributed by atoms with van der Waals surface area (Å²) >= 11 is 0. The molecule has 0 aliphatic rings. The van der Waals surface area contributed by atoms with Gasteiger partial charge in [0.25, 0.3) is 0 Å². The molecule has 0 unspecified atom stereocenters. The summed E-state index contributed by atoms with van der Waals surface area (Å²) in [5.41, 5.74) is 0.149. The minimum absolute atomic E-state index is 0.149. The van der Waals surface area contributed by atoms with Gasteiger partial charge in [0.15, 0.2) is 17.5 Å². The third-order valence-corrected chi connectivity index (χ3v) is 2.63. The molecule has 0 bridgehead atoms. The molecule has 0 saturated heterocycles. The Kier molecular flexibility index (Phi) is 4.83. The molecule has 0 fully saturated rings. The van der Waals surface area contributed by atoms with E-state index in [-0.39, 0.29) is 5.56 Å². The van der Waals surface area contributed by atoms with Crippen molar-refractivity contribution in [2.75, 3.05) is 6.61 Å². The van der Waals surface area contributed by atoms with Crippen molar-refractivity contribution in [3.63, 3.8) is 0 Å². The molecule has 0 aromatic heterocycles. The van der Waals surface area contributed by atoms with Crippen LogP contribution in [0.4, 0.5) is 13.2 Å². The standard InChI is InChI=1S/C16H11F3O3/c1-2-7-21-11-5-3-10(4-6-11)16(20)22-12-8-13(17)15(19)14(18)9-12/h2-6,8-9H,1,7H2. The smallest absolute Gasteiger partial charge is 0.343 e. The van der Waals surface area contributed by atoms with Crippen LogP contribution in [0.25, 0.3) is 0 Å². The van der Waals surface area contributed by atoms with Gasteiger partial charge in [-0.1, -0.05) is 12.7 Å².